The zero-order valence-corrected chi connectivity index (χ0v) is 11.4. The largest absolute Gasteiger partial charge is 0.314 e. The lowest BCUT2D eigenvalue weighted by Gasteiger charge is -2.11. The molecule has 0 amide bonds. The minimum Gasteiger partial charge on any atom is -0.314 e. The minimum atomic E-state index is 0.843. The fourth-order valence-electron chi connectivity index (χ4n) is 3.02. The first kappa shape index (κ1) is 14.0. The summed E-state index contributed by atoms with van der Waals surface area (Å²) in [4.78, 5) is 0. The highest BCUT2D eigenvalue weighted by molar-refractivity contribution is 4.80. The molecule has 16 heavy (non-hydrogen) atoms. The smallest absolute Gasteiger partial charge is 0.00696 e. The molecule has 1 heteroatoms. The Hall–Kier alpha value is -0.0400. The highest BCUT2D eigenvalue weighted by Gasteiger charge is 2.22. The third-order valence-electron chi connectivity index (χ3n) is 4.00. The van der Waals surface area contributed by atoms with Gasteiger partial charge in [-0.1, -0.05) is 58.8 Å². The van der Waals surface area contributed by atoms with Crippen LogP contribution < -0.4 is 5.32 Å². The summed E-state index contributed by atoms with van der Waals surface area (Å²) < 4.78 is 0. The van der Waals surface area contributed by atoms with E-state index in [1.807, 2.05) is 0 Å². The van der Waals surface area contributed by atoms with Gasteiger partial charge in [-0.25, -0.2) is 0 Å². The molecule has 1 fully saturated rings. The van der Waals surface area contributed by atoms with E-state index in [0.717, 1.165) is 18.5 Å². The van der Waals surface area contributed by atoms with E-state index in [0.29, 0.717) is 0 Å². The van der Waals surface area contributed by atoms with Gasteiger partial charge in [-0.05, 0) is 31.7 Å². The monoisotopic (exact) mass is 225 g/mol. The summed E-state index contributed by atoms with van der Waals surface area (Å²) in [5, 5.41) is 3.59. The van der Waals surface area contributed by atoms with Gasteiger partial charge in [0.25, 0.3) is 0 Å². The number of hydrogen-bond donors (Lipinski definition) is 1. The number of hydrogen-bond acceptors (Lipinski definition) is 1. The molecule has 0 aromatic rings. The van der Waals surface area contributed by atoms with Gasteiger partial charge < -0.3 is 5.32 Å². The average molecular weight is 225 g/mol. The summed E-state index contributed by atoms with van der Waals surface area (Å²) in [7, 11) is 0. The molecule has 1 aliphatic carbocycles. The molecule has 0 heterocycles. The van der Waals surface area contributed by atoms with Crippen LogP contribution in [0.1, 0.15) is 78.1 Å². The molecule has 1 nitrogen and oxygen atoms in total. The molecule has 2 unspecified atom stereocenters. The first-order valence-corrected chi connectivity index (χ1v) is 7.60. The Morgan fingerprint density at radius 1 is 0.938 bits per heavy atom. The van der Waals surface area contributed by atoms with Gasteiger partial charge in [0.05, 0.1) is 0 Å². The quantitative estimate of drug-likeness (QED) is 0.569. The van der Waals surface area contributed by atoms with Crippen molar-refractivity contribution in [3.63, 3.8) is 0 Å². The van der Waals surface area contributed by atoms with Gasteiger partial charge in [-0.15, -0.1) is 0 Å². The number of nitrogens with one attached hydrogen (secondary N) is 1. The average Bonchev–Trinajstić information content (AvgIpc) is 2.72. The summed E-state index contributed by atoms with van der Waals surface area (Å²) in [6, 6.07) is 0.843. The van der Waals surface area contributed by atoms with Crippen molar-refractivity contribution >= 4 is 0 Å². The van der Waals surface area contributed by atoms with E-state index in [2.05, 4.69) is 19.2 Å². The minimum absolute atomic E-state index is 0.843. The molecule has 96 valence electrons. The highest BCUT2D eigenvalue weighted by Crippen LogP contribution is 2.29. The third-order valence-corrected chi connectivity index (χ3v) is 4.00. The second-order valence-corrected chi connectivity index (χ2v) is 5.49. The normalized spacial score (nSPS) is 25.1. The lowest BCUT2D eigenvalue weighted by atomic mass is 9.99. The van der Waals surface area contributed by atoms with Crippen molar-refractivity contribution in [2.24, 2.45) is 5.92 Å². The van der Waals surface area contributed by atoms with E-state index in [-0.39, 0.29) is 0 Å². The van der Waals surface area contributed by atoms with Crippen molar-refractivity contribution in [1.29, 1.82) is 0 Å². The predicted molar refractivity (Wildman–Crippen MR) is 72.8 cm³/mol. The maximum Gasteiger partial charge on any atom is 0.00696 e. The van der Waals surface area contributed by atoms with E-state index in [1.165, 1.54) is 64.2 Å². The molecule has 2 atom stereocenters. The van der Waals surface area contributed by atoms with E-state index in [9.17, 15) is 0 Å². The standard InChI is InChI=1S/C15H31N/c1-3-5-6-7-8-9-10-14-11-12-15(13-14)16-4-2/h14-16H,3-13H2,1-2H3. The van der Waals surface area contributed by atoms with Crippen LogP contribution in [-0.2, 0) is 0 Å². The van der Waals surface area contributed by atoms with E-state index >= 15 is 0 Å². The Morgan fingerprint density at radius 3 is 2.44 bits per heavy atom. The van der Waals surface area contributed by atoms with Crippen molar-refractivity contribution in [1.82, 2.24) is 5.32 Å². The van der Waals surface area contributed by atoms with Crippen LogP contribution in [0.4, 0.5) is 0 Å². The maximum absolute atomic E-state index is 3.59. The molecular weight excluding hydrogens is 194 g/mol. The SMILES string of the molecule is CCCCCCCCC1CCC(NCC)C1. The molecular formula is C15H31N. The highest BCUT2D eigenvalue weighted by atomic mass is 14.9. The Labute approximate surface area is 102 Å². The number of unbranched alkanes of at least 4 members (excludes halogenated alkanes) is 5. The molecule has 0 bridgehead atoms. The van der Waals surface area contributed by atoms with Crippen molar-refractivity contribution in [2.75, 3.05) is 6.54 Å². The Bertz CT molecular complexity index is 156. The molecule has 1 aliphatic rings. The lowest BCUT2D eigenvalue weighted by molar-refractivity contribution is 0.443. The molecule has 0 aromatic heterocycles. The Kier molecular flexibility index (Phi) is 7.92. The zero-order valence-electron chi connectivity index (χ0n) is 11.4. The van der Waals surface area contributed by atoms with Crippen LogP contribution in [0.25, 0.3) is 0 Å². The zero-order chi connectivity index (χ0) is 11.6. The van der Waals surface area contributed by atoms with E-state index in [4.69, 9.17) is 0 Å². The Morgan fingerprint density at radius 2 is 1.69 bits per heavy atom. The van der Waals surface area contributed by atoms with Gasteiger partial charge >= 0.3 is 0 Å². The molecule has 0 radical (unpaired) electrons. The first-order chi connectivity index (χ1) is 7.86. The van der Waals surface area contributed by atoms with E-state index < -0.39 is 0 Å². The van der Waals surface area contributed by atoms with Gasteiger partial charge in [0.1, 0.15) is 0 Å². The van der Waals surface area contributed by atoms with Crippen LogP contribution in [0, 0.1) is 5.92 Å². The second kappa shape index (κ2) is 9.04. The van der Waals surface area contributed by atoms with Crippen molar-refractivity contribution in [3.8, 4) is 0 Å². The van der Waals surface area contributed by atoms with Crippen LogP contribution in [0.2, 0.25) is 0 Å². The molecule has 0 aromatic carbocycles. The fraction of sp³-hybridized carbons (Fsp3) is 1.00. The molecule has 0 aliphatic heterocycles. The van der Waals surface area contributed by atoms with Crippen molar-refractivity contribution < 1.29 is 0 Å². The van der Waals surface area contributed by atoms with Gasteiger partial charge in [0.2, 0.25) is 0 Å². The predicted octanol–water partition coefficient (Wildman–Crippen LogP) is 4.52. The van der Waals surface area contributed by atoms with Gasteiger partial charge in [-0.3, -0.25) is 0 Å². The van der Waals surface area contributed by atoms with Crippen LogP contribution >= 0.6 is 0 Å². The third kappa shape index (κ3) is 5.89. The fourth-order valence-corrected chi connectivity index (χ4v) is 3.02. The molecule has 0 spiro atoms. The molecule has 1 saturated carbocycles. The summed E-state index contributed by atoms with van der Waals surface area (Å²) in [5.74, 6) is 1.04. The van der Waals surface area contributed by atoms with Crippen molar-refractivity contribution in [2.45, 2.75) is 84.1 Å². The summed E-state index contributed by atoms with van der Waals surface area (Å²) in [5.41, 5.74) is 0. The molecule has 1 rings (SSSR count). The maximum atomic E-state index is 3.59. The van der Waals surface area contributed by atoms with Gasteiger partial charge in [0.15, 0.2) is 0 Å². The van der Waals surface area contributed by atoms with Gasteiger partial charge in [0, 0.05) is 6.04 Å². The summed E-state index contributed by atoms with van der Waals surface area (Å²) in [6.45, 7) is 5.66. The van der Waals surface area contributed by atoms with E-state index in [1.54, 1.807) is 0 Å². The first-order valence-electron chi connectivity index (χ1n) is 7.60. The van der Waals surface area contributed by atoms with Gasteiger partial charge in [-0.2, -0.15) is 0 Å². The topological polar surface area (TPSA) is 12.0 Å². The molecule has 0 saturated heterocycles. The second-order valence-electron chi connectivity index (χ2n) is 5.49. The van der Waals surface area contributed by atoms with Crippen LogP contribution in [0.15, 0.2) is 0 Å². The van der Waals surface area contributed by atoms with Crippen molar-refractivity contribution in [3.05, 3.63) is 0 Å². The van der Waals surface area contributed by atoms with Crippen LogP contribution in [0.5, 0.6) is 0 Å². The lowest BCUT2D eigenvalue weighted by Crippen LogP contribution is -2.25. The molecule has 1 N–H and O–H groups in total. The Balaban J connectivity index is 1.90. The summed E-state index contributed by atoms with van der Waals surface area (Å²) in [6.07, 6.45) is 14.5. The van der Waals surface area contributed by atoms with Crippen LogP contribution in [0.3, 0.4) is 0 Å². The number of rotatable bonds is 9. The summed E-state index contributed by atoms with van der Waals surface area (Å²) >= 11 is 0. The van der Waals surface area contributed by atoms with Crippen LogP contribution in [-0.4, -0.2) is 12.6 Å².